The maximum absolute atomic E-state index is 14.1. The number of hydrogen-bond donors (Lipinski definition) is 0. The molecule has 6 rings (SSSR count). The molecule has 8 nitrogen and oxygen atoms in total. The Morgan fingerprint density at radius 3 is 2.78 bits per heavy atom. The first-order valence-corrected chi connectivity index (χ1v) is 11.4. The minimum absolute atomic E-state index is 0.0147. The molecule has 0 bridgehead atoms. The van der Waals surface area contributed by atoms with Gasteiger partial charge in [-0.25, -0.2) is 4.98 Å². The number of rotatable bonds is 6. The van der Waals surface area contributed by atoms with Crippen molar-refractivity contribution in [3.05, 3.63) is 40.9 Å². The van der Waals surface area contributed by atoms with Crippen LogP contribution < -0.4 is 19.1 Å². The second-order valence-electron chi connectivity index (χ2n) is 7.91. The average molecular weight is 455 g/mol. The Hall–Kier alpha value is -2.88. The van der Waals surface area contributed by atoms with Gasteiger partial charge in [0.25, 0.3) is 0 Å². The number of anilines is 1. The second kappa shape index (κ2) is 7.61. The van der Waals surface area contributed by atoms with Crippen LogP contribution in [-0.4, -0.2) is 64.2 Å². The first-order valence-electron chi connectivity index (χ1n) is 10.6. The highest BCUT2D eigenvalue weighted by atomic mass is 32.1. The summed E-state index contributed by atoms with van der Waals surface area (Å²) in [6.07, 6.45) is 0. The van der Waals surface area contributed by atoms with Gasteiger partial charge < -0.3 is 28.6 Å². The Morgan fingerprint density at radius 1 is 1.09 bits per heavy atom. The van der Waals surface area contributed by atoms with Gasteiger partial charge in [0.1, 0.15) is 31.0 Å². The first-order chi connectivity index (χ1) is 15.7. The number of nitrogens with zero attached hydrogens (tertiary/aromatic N) is 2. The number of thiazole rings is 1. The van der Waals surface area contributed by atoms with Gasteiger partial charge in [-0.05, 0) is 18.2 Å². The van der Waals surface area contributed by atoms with Crippen LogP contribution in [0.2, 0.25) is 0 Å². The smallest absolute Gasteiger partial charge is 0.245 e. The van der Waals surface area contributed by atoms with Crippen molar-refractivity contribution in [1.82, 2.24) is 4.98 Å². The van der Waals surface area contributed by atoms with Gasteiger partial charge in [0.15, 0.2) is 11.5 Å². The average Bonchev–Trinajstić information content (AvgIpc) is 3.49. The van der Waals surface area contributed by atoms with Crippen LogP contribution in [0.1, 0.15) is 11.1 Å². The van der Waals surface area contributed by atoms with Crippen molar-refractivity contribution < 1.29 is 28.5 Å². The summed E-state index contributed by atoms with van der Waals surface area (Å²) in [5, 5.41) is 0. The van der Waals surface area contributed by atoms with E-state index in [2.05, 4.69) is 4.98 Å². The fourth-order valence-electron chi connectivity index (χ4n) is 4.79. The molecule has 32 heavy (non-hydrogen) atoms. The number of benzene rings is 2. The van der Waals surface area contributed by atoms with Crippen LogP contribution in [0, 0.1) is 0 Å². The molecule has 0 fully saturated rings. The molecule has 0 radical (unpaired) electrons. The van der Waals surface area contributed by atoms with E-state index in [0.29, 0.717) is 56.8 Å². The highest BCUT2D eigenvalue weighted by molar-refractivity contribution is 7.17. The molecule has 166 valence electrons. The highest BCUT2D eigenvalue weighted by Gasteiger charge is 2.58. The van der Waals surface area contributed by atoms with Crippen LogP contribution in [0.5, 0.6) is 17.2 Å². The zero-order valence-corrected chi connectivity index (χ0v) is 18.4. The number of fused-ring (bicyclic) bond motifs is 7. The van der Waals surface area contributed by atoms with Gasteiger partial charge in [0.05, 0.1) is 41.2 Å². The van der Waals surface area contributed by atoms with Crippen molar-refractivity contribution in [2.75, 3.05) is 58.2 Å². The standard InChI is InChI=1S/C23H22N2O6S/c1-27-6-7-28-5-4-25-16-3-2-15-21(32-13-24-15)20(16)23(22(25)26)12-31-17-11-19-18(10-14(17)23)29-8-9-30-19/h2-3,10-11,13H,4-9,12H2,1H3. The molecule has 1 unspecified atom stereocenters. The van der Waals surface area contributed by atoms with Crippen molar-refractivity contribution in [3.63, 3.8) is 0 Å². The Labute approximate surface area is 188 Å². The SMILES string of the molecule is COCCOCCN1C(=O)C2(COc3cc4c(cc32)OCCO4)c2c1ccc1ncsc21. The molecule has 0 N–H and O–H groups in total. The van der Waals surface area contributed by atoms with E-state index in [-0.39, 0.29) is 12.5 Å². The molecule has 4 heterocycles. The van der Waals surface area contributed by atoms with Gasteiger partial charge in [-0.3, -0.25) is 4.79 Å². The highest BCUT2D eigenvalue weighted by Crippen LogP contribution is 2.56. The molecule has 1 spiro atoms. The number of hydrogen-bond acceptors (Lipinski definition) is 8. The van der Waals surface area contributed by atoms with Crippen LogP contribution >= 0.6 is 11.3 Å². The van der Waals surface area contributed by atoms with Crippen LogP contribution in [0.15, 0.2) is 29.8 Å². The second-order valence-corrected chi connectivity index (χ2v) is 8.76. The summed E-state index contributed by atoms with van der Waals surface area (Å²) in [6, 6.07) is 7.71. The van der Waals surface area contributed by atoms with Crippen molar-refractivity contribution >= 4 is 33.1 Å². The van der Waals surface area contributed by atoms with Gasteiger partial charge in [0, 0.05) is 30.8 Å². The summed E-state index contributed by atoms with van der Waals surface area (Å²) in [5.74, 6) is 1.94. The quantitative estimate of drug-likeness (QED) is 0.530. The van der Waals surface area contributed by atoms with Crippen molar-refractivity contribution in [3.8, 4) is 17.2 Å². The Morgan fingerprint density at radius 2 is 1.94 bits per heavy atom. The third kappa shape index (κ3) is 2.74. The van der Waals surface area contributed by atoms with E-state index in [0.717, 1.165) is 27.0 Å². The summed E-state index contributed by atoms with van der Waals surface area (Å²) in [7, 11) is 1.64. The fourth-order valence-corrected chi connectivity index (χ4v) is 5.70. The van der Waals surface area contributed by atoms with E-state index in [1.807, 2.05) is 34.7 Å². The van der Waals surface area contributed by atoms with Gasteiger partial charge in [-0.2, -0.15) is 0 Å². The molecule has 1 atom stereocenters. The van der Waals surface area contributed by atoms with E-state index in [9.17, 15) is 4.79 Å². The van der Waals surface area contributed by atoms with Gasteiger partial charge in [0.2, 0.25) is 5.91 Å². The molecule has 3 aromatic rings. The molecule has 1 aromatic heterocycles. The summed E-state index contributed by atoms with van der Waals surface area (Å²) < 4.78 is 29.4. The predicted octanol–water partition coefficient (Wildman–Crippen LogP) is 2.76. The molecule has 9 heteroatoms. The molecular formula is C23H22N2O6S. The summed E-state index contributed by atoms with van der Waals surface area (Å²) in [4.78, 5) is 20.4. The van der Waals surface area contributed by atoms with E-state index in [4.69, 9.17) is 23.7 Å². The van der Waals surface area contributed by atoms with Gasteiger partial charge in [-0.1, -0.05) is 0 Å². The predicted molar refractivity (Wildman–Crippen MR) is 118 cm³/mol. The third-order valence-corrected chi connectivity index (χ3v) is 7.10. The number of aromatic nitrogens is 1. The summed E-state index contributed by atoms with van der Waals surface area (Å²) in [6.45, 7) is 3.08. The fraction of sp³-hybridized carbons (Fsp3) is 0.391. The van der Waals surface area contributed by atoms with E-state index in [1.165, 1.54) is 0 Å². The van der Waals surface area contributed by atoms with Crippen LogP contribution in [0.3, 0.4) is 0 Å². The van der Waals surface area contributed by atoms with Crippen molar-refractivity contribution in [2.24, 2.45) is 0 Å². The molecule has 1 amide bonds. The maximum atomic E-state index is 14.1. The monoisotopic (exact) mass is 454 g/mol. The van der Waals surface area contributed by atoms with Crippen LogP contribution in [-0.2, 0) is 19.7 Å². The molecule has 3 aliphatic heterocycles. The number of carbonyl (C=O) groups excluding carboxylic acids is 1. The minimum Gasteiger partial charge on any atom is -0.491 e. The maximum Gasteiger partial charge on any atom is 0.245 e. The largest absolute Gasteiger partial charge is 0.491 e. The number of ether oxygens (including phenoxy) is 5. The summed E-state index contributed by atoms with van der Waals surface area (Å²) in [5.41, 5.74) is 4.41. The van der Waals surface area contributed by atoms with E-state index in [1.54, 1.807) is 18.4 Å². The van der Waals surface area contributed by atoms with Crippen LogP contribution in [0.4, 0.5) is 5.69 Å². The van der Waals surface area contributed by atoms with E-state index < -0.39 is 5.41 Å². The zero-order chi connectivity index (χ0) is 21.7. The lowest BCUT2D eigenvalue weighted by molar-refractivity contribution is -0.122. The topological polar surface area (TPSA) is 79.4 Å². The summed E-state index contributed by atoms with van der Waals surface area (Å²) >= 11 is 1.55. The van der Waals surface area contributed by atoms with Gasteiger partial charge >= 0.3 is 0 Å². The normalized spacial score (nSPS) is 20.7. The number of methoxy groups -OCH3 is 1. The Kier molecular flexibility index (Phi) is 4.71. The molecular weight excluding hydrogens is 432 g/mol. The van der Waals surface area contributed by atoms with Crippen LogP contribution in [0.25, 0.3) is 10.2 Å². The number of carbonyl (C=O) groups is 1. The zero-order valence-electron chi connectivity index (χ0n) is 17.6. The Bertz CT molecular complexity index is 1210. The molecule has 0 saturated heterocycles. The van der Waals surface area contributed by atoms with Gasteiger partial charge in [-0.15, -0.1) is 11.3 Å². The third-order valence-electron chi connectivity index (χ3n) is 6.24. The lowest BCUT2D eigenvalue weighted by Gasteiger charge is -2.24. The lowest BCUT2D eigenvalue weighted by Crippen LogP contribution is -2.43. The first kappa shape index (κ1) is 19.8. The van der Waals surface area contributed by atoms with E-state index >= 15 is 0 Å². The molecule has 0 saturated carbocycles. The van der Waals surface area contributed by atoms with Crippen molar-refractivity contribution in [1.29, 1.82) is 0 Å². The minimum atomic E-state index is -0.945. The molecule has 0 aliphatic carbocycles. The van der Waals surface area contributed by atoms with Crippen molar-refractivity contribution in [2.45, 2.75) is 5.41 Å². The molecule has 2 aromatic carbocycles. The number of amides is 1. The lowest BCUT2D eigenvalue weighted by atomic mass is 9.77. The molecule has 3 aliphatic rings. The Balaban J connectivity index is 1.47.